The minimum absolute atomic E-state index is 0.0770. The third kappa shape index (κ3) is 2.60. The van der Waals surface area contributed by atoms with E-state index in [1.807, 2.05) is 6.07 Å². The summed E-state index contributed by atoms with van der Waals surface area (Å²) in [5.74, 6) is 1.79. The Balaban J connectivity index is 1.55. The van der Waals surface area contributed by atoms with E-state index in [1.54, 1.807) is 0 Å². The van der Waals surface area contributed by atoms with Gasteiger partial charge in [-0.1, -0.05) is 24.4 Å². The molecule has 1 amide bonds. The molecule has 4 heteroatoms. The van der Waals surface area contributed by atoms with E-state index >= 15 is 0 Å². The van der Waals surface area contributed by atoms with Crippen LogP contribution in [-0.2, 0) is 0 Å². The average molecular weight is 288 g/mol. The molecule has 2 heterocycles. The standard InChI is InChI=1S/C17H24N2O2/c20-17(16-11-14(18-21-16)12-8-9-12)19-10-4-3-6-13-5-1-2-7-15(13)19/h11-13,15H,1-10H2/t13-,15-/m0/s1. The number of carbonyl (C=O) groups is 1. The summed E-state index contributed by atoms with van der Waals surface area (Å²) in [7, 11) is 0. The first-order chi connectivity index (χ1) is 10.3. The Kier molecular flexibility index (Phi) is 3.48. The number of likely N-dealkylation sites (tertiary alicyclic amines) is 1. The van der Waals surface area contributed by atoms with Crippen molar-refractivity contribution in [3.05, 3.63) is 17.5 Å². The summed E-state index contributed by atoms with van der Waals surface area (Å²) in [6, 6.07) is 2.33. The zero-order chi connectivity index (χ0) is 14.2. The quantitative estimate of drug-likeness (QED) is 0.833. The number of hydrogen-bond acceptors (Lipinski definition) is 3. The van der Waals surface area contributed by atoms with E-state index in [4.69, 9.17) is 4.52 Å². The van der Waals surface area contributed by atoms with E-state index in [9.17, 15) is 4.79 Å². The second-order valence-corrected chi connectivity index (χ2v) is 7.00. The summed E-state index contributed by atoms with van der Waals surface area (Å²) in [5, 5.41) is 4.10. The molecule has 1 aromatic heterocycles. The van der Waals surface area contributed by atoms with E-state index in [0.717, 1.165) is 18.7 Å². The minimum Gasteiger partial charge on any atom is -0.351 e. The zero-order valence-electron chi connectivity index (χ0n) is 12.6. The van der Waals surface area contributed by atoms with Crippen molar-refractivity contribution in [1.29, 1.82) is 0 Å². The van der Waals surface area contributed by atoms with E-state index in [1.165, 1.54) is 51.4 Å². The molecule has 0 spiro atoms. The molecule has 2 saturated carbocycles. The topological polar surface area (TPSA) is 46.3 Å². The summed E-state index contributed by atoms with van der Waals surface area (Å²) in [6.45, 7) is 0.888. The summed E-state index contributed by atoms with van der Waals surface area (Å²) in [5.41, 5.74) is 0.980. The lowest BCUT2D eigenvalue weighted by Crippen LogP contribution is -2.45. The lowest BCUT2D eigenvalue weighted by atomic mass is 9.81. The van der Waals surface area contributed by atoms with Crippen molar-refractivity contribution in [2.45, 2.75) is 69.7 Å². The molecule has 1 aliphatic heterocycles. The van der Waals surface area contributed by atoms with Crippen LogP contribution in [0.3, 0.4) is 0 Å². The Labute approximate surface area is 125 Å². The summed E-state index contributed by atoms with van der Waals surface area (Å²) in [6.07, 6.45) is 11.1. The number of rotatable bonds is 2. The largest absolute Gasteiger partial charge is 0.351 e. The van der Waals surface area contributed by atoms with E-state index in [-0.39, 0.29) is 5.91 Å². The molecule has 21 heavy (non-hydrogen) atoms. The Morgan fingerprint density at radius 3 is 2.67 bits per heavy atom. The van der Waals surface area contributed by atoms with Gasteiger partial charge in [-0.15, -0.1) is 0 Å². The SMILES string of the molecule is O=C(c1cc(C2CC2)no1)N1CCCC[C@@H]2CCCC[C@@H]21. The van der Waals surface area contributed by atoms with Crippen molar-refractivity contribution in [3.63, 3.8) is 0 Å². The molecule has 114 valence electrons. The summed E-state index contributed by atoms with van der Waals surface area (Å²) >= 11 is 0. The van der Waals surface area contributed by atoms with Crippen LogP contribution in [0.1, 0.15) is 80.0 Å². The molecule has 2 aliphatic carbocycles. The molecule has 1 aromatic rings. The second-order valence-electron chi connectivity index (χ2n) is 7.00. The van der Waals surface area contributed by atoms with E-state index in [0.29, 0.717) is 23.6 Å². The average Bonchev–Trinajstić information content (AvgIpc) is 3.28. The Bertz CT molecular complexity index is 521. The van der Waals surface area contributed by atoms with Gasteiger partial charge in [-0.05, 0) is 44.4 Å². The van der Waals surface area contributed by atoms with Crippen LogP contribution < -0.4 is 0 Å². The Morgan fingerprint density at radius 2 is 1.86 bits per heavy atom. The van der Waals surface area contributed by atoms with Gasteiger partial charge in [0.1, 0.15) is 0 Å². The number of hydrogen-bond donors (Lipinski definition) is 0. The van der Waals surface area contributed by atoms with Crippen molar-refractivity contribution >= 4 is 5.91 Å². The highest BCUT2D eigenvalue weighted by atomic mass is 16.5. The molecule has 3 aliphatic rings. The molecule has 0 unspecified atom stereocenters. The first kappa shape index (κ1) is 13.4. The third-order valence-corrected chi connectivity index (χ3v) is 5.49. The molecule has 2 atom stereocenters. The fourth-order valence-electron chi connectivity index (χ4n) is 4.14. The molecule has 3 fully saturated rings. The lowest BCUT2D eigenvalue weighted by Gasteiger charge is -2.37. The highest BCUT2D eigenvalue weighted by molar-refractivity contribution is 5.91. The Hall–Kier alpha value is -1.32. The van der Waals surface area contributed by atoms with Crippen molar-refractivity contribution < 1.29 is 9.32 Å². The first-order valence-corrected chi connectivity index (χ1v) is 8.60. The van der Waals surface area contributed by atoms with Gasteiger partial charge in [0.05, 0.1) is 5.69 Å². The predicted octanol–water partition coefficient (Wildman–Crippen LogP) is 3.74. The number of nitrogens with zero attached hydrogens (tertiary/aromatic N) is 2. The maximum absolute atomic E-state index is 12.9. The Morgan fingerprint density at radius 1 is 1.10 bits per heavy atom. The number of fused-ring (bicyclic) bond motifs is 1. The molecule has 4 nitrogen and oxygen atoms in total. The van der Waals surface area contributed by atoms with Gasteiger partial charge in [0.15, 0.2) is 0 Å². The van der Waals surface area contributed by atoms with Gasteiger partial charge in [-0.3, -0.25) is 4.79 Å². The van der Waals surface area contributed by atoms with Crippen molar-refractivity contribution in [3.8, 4) is 0 Å². The van der Waals surface area contributed by atoms with Gasteiger partial charge in [0, 0.05) is 24.6 Å². The lowest BCUT2D eigenvalue weighted by molar-refractivity contribution is 0.0528. The number of carbonyl (C=O) groups excluding carboxylic acids is 1. The normalized spacial score (nSPS) is 29.8. The first-order valence-electron chi connectivity index (χ1n) is 8.60. The molecule has 0 bridgehead atoms. The van der Waals surface area contributed by atoms with Crippen LogP contribution in [0.2, 0.25) is 0 Å². The molecule has 4 rings (SSSR count). The fourth-order valence-corrected chi connectivity index (χ4v) is 4.14. The summed E-state index contributed by atoms with van der Waals surface area (Å²) < 4.78 is 5.36. The number of amides is 1. The van der Waals surface area contributed by atoms with Crippen LogP contribution in [0.15, 0.2) is 10.6 Å². The smallest absolute Gasteiger partial charge is 0.292 e. The number of aromatic nitrogens is 1. The molecular formula is C17H24N2O2. The molecule has 0 aromatic carbocycles. The van der Waals surface area contributed by atoms with Gasteiger partial charge in [0.25, 0.3) is 5.91 Å². The monoisotopic (exact) mass is 288 g/mol. The van der Waals surface area contributed by atoms with Gasteiger partial charge in [-0.2, -0.15) is 0 Å². The zero-order valence-corrected chi connectivity index (χ0v) is 12.6. The van der Waals surface area contributed by atoms with Crippen LogP contribution in [0.4, 0.5) is 0 Å². The van der Waals surface area contributed by atoms with E-state index < -0.39 is 0 Å². The van der Waals surface area contributed by atoms with Crippen LogP contribution >= 0.6 is 0 Å². The molecular weight excluding hydrogens is 264 g/mol. The minimum atomic E-state index is 0.0770. The molecule has 0 radical (unpaired) electrons. The maximum atomic E-state index is 12.9. The fraction of sp³-hybridized carbons (Fsp3) is 0.765. The van der Waals surface area contributed by atoms with Crippen molar-refractivity contribution in [2.75, 3.05) is 6.54 Å². The van der Waals surface area contributed by atoms with Gasteiger partial charge in [-0.25, -0.2) is 0 Å². The molecule has 1 saturated heterocycles. The van der Waals surface area contributed by atoms with Gasteiger partial charge < -0.3 is 9.42 Å². The highest BCUT2D eigenvalue weighted by Crippen LogP contribution is 2.40. The van der Waals surface area contributed by atoms with Crippen molar-refractivity contribution in [2.24, 2.45) is 5.92 Å². The predicted molar refractivity (Wildman–Crippen MR) is 79.1 cm³/mol. The van der Waals surface area contributed by atoms with Crippen LogP contribution in [0.25, 0.3) is 0 Å². The summed E-state index contributed by atoms with van der Waals surface area (Å²) in [4.78, 5) is 15.0. The second kappa shape index (κ2) is 5.47. The molecule has 0 N–H and O–H groups in total. The van der Waals surface area contributed by atoms with E-state index in [2.05, 4.69) is 10.1 Å². The third-order valence-electron chi connectivity index (χ3n) is 5.49. The van der Waals surface area contributed by atoms with Gasteiger partial charge >= 0.3 is 0 Å². The van der Waals surface area contributed by atoms with Crippen molar-refractivity contribution in [1.82, 2.24) is 10.1 Å². The van der Waals surface area contributed by atoms with Crippen LogP contribution in [-0.4, -0.2) is 28.6 Å². The van der Waals surface area contributed by atoms with Crippen LogP contribution in [0, 0.1) is 5.92 Å². The maximum Gasteiger partial charge on any atom is 0.292 e. The highest BCUT2D eigenvalue weighted by Gasteiger charge is 2.36. The van der Waals surface area contributed by atoms with Gasteiger partial charge in [0.2, 0.25) is 5.76 Å². The van der Waals surface area contributed by atoms with Crippen LogP contribution in [0.5, 0.6) is 0 Å².